The number of rotatable bonds is 10. The van der Waals surface area contributed by atoms with Crippen LogP contribution < -0.4 is 26.5 Å². The average Bonchev–Trinajstić information content (AvgIpc) is 3.06. The molecule has 5 rings (SSSR count). The largest absolute Gasteiger partial charge is 0.459 e. The van der Waals surface area contributed by atoms with E-state index in [-0.39, 0.29) is 25.9 Å². The molecule has 5 heteroatoms. The lowest BCUT2D eigenvalue weighted by Crippen LogP contribution is -2.41. The normalized spacial score (nSPS) is 11.7. The summed E-state index contributed by atoms with van der Waals surface area (Å²) < 4.78 is 5.45. The maximum absolute atomic E-state index is 12.3. The SMILES string of the molecule is C.CC(C)C(=O)NC(C)C(=O)OCc1ccc(-c2ccc([P+](c3ccccc3)(c3ccccc3)c3ccccc3)cc2)cc1. The van der Waals surface area contributed by atoms with Crippen molar-refractivity contribution in [1.29, 1.82) is 0 Å². The average molecular weight is 603 g/mol. The van der Waals surface area contributed by atoms with Crippen LogP contribution in [-0.2, 0) is 20.9 Å². The lowest BCUT2D eigenvalue weighted by molar-refractivity contribution is -0.148. The number of esters is 1. The van der Waals surface area contributed by atoms with E-state index in [1.807, 2.05) is 12.1 Å². The van der Waals surface area contributed by atoms with Gasteiger partial charge in [-0.25, -0.2) is 4.79 Å². The van der Waals surface area contributed by atoms with Gasteiger partial charge in [0.2, 0.25) is 5.91 Å². The number of nitrogens with one attached hydrogen (secondary N) is 1. The van der Waals surface area contributed by atoms with Crippen molar-refractivity contribution in [3.05, 3.63) is 145 Å². The van der Waals surface area contributed by atoms with Gasteiger partial charge in [0.25, 0.3) is 0 Å². The Morgan fingerprint density at radius 1 is 0.591 bits per heavy atom. The zero-order valence-corrected chi connectivity index (χ0v) is 25.7. The zero-order valence-electron chi connectivity index (χ0n) is 24.8. The van der Waals surface area contributed by atoms with Crippen molar-refractivity contribution in [1.82, 2.24) is 5.32 Å². The maximum atomic E-state index is 12.3. The molecule has 44 heavy (non-hydrogen) atoms. The van der Waals surface area contributed by atoms with Crippen molar-refractivity contribution in [3.8, 4) is 11.1 Å². The quantitative estimate of drug-likeness (QED) is 0.141. The Morgan fingerprint density at radius 3 is 1.39 bits per heavy atom. The van der Waals surface area contributed by atoms with Gasteiger partial charge in [0, 0.05) is 5.92 Å². The molecule has 1 atom stereocenters. The first kappa shape index (κ1) is 32.4. The fourth-order valence-electron chi connectivity index (χ4n) is 5.24. The van der Waals surface area contributed by atoms with Crippen LogP contribution in [0.1, 0.15) is 33.8 Å². The van der Waals surface area contributed by atoms with Crippen LogP contribution in [0.15, 0.2) is 140 Å². The van der Waals surface area contributed by atoms with Gasteiger partial charge < -0.3 is 10.1 Å². The first-order valence-electron chi connectivity index (χ1n) is 14.6. The van der Waals surface area contributed by atoms with Crippen LogP contribution in [0, 0.1) is 5.92 Å². The number of ether oxygens (including phenoxy) is 1. The third-order valence-electron chi connectivity index (χ3n) is 7.59. The van der Waals surface area contributed by atoms with Crippen LogP contribution in [-0.4, -0.2) is 17.9 Å². The summed E-state index contributed by atoms with van der Waals surface area (Å²) in [5, 5.41) is 7.92. The highest BCUT2D eigenvalue weighted by molar-refractivity contribution is 8.01. The van der Waals surface area contributed by atoms with Crippen molar-refractivity contribution >= 4 is 40.4 Å². The minimum Gasteiger partial charge on any atom is -0.459 e. The number of hydrogen-bond acceptors (Lipinski definition) is 3. The van der Waals surface area contributed by atoms with Crippen LogP contribution in [0.5, 0.6) is 0 Å². The van der Waals surface area contributed by atoms with E-state index >= 15 is 0 Å². The third-order valence-corrected chi connectivity index (χ3v) is 11.9. The summed E-state index contributed by atoms with van der Waals surface area (Å²) >= 11 is 0. The van der Waals surface area contributed by atoms with E-state index < -0.39 is 19.3 Å². The lowest BCUT2D eigenvalue weighted by Gasteiger charge is -2.27. The molecule has 0 fully saturated rings. The summed E-state index contributed by atoms with van der Waals surface area (Å²) in [7, 11) is -2.14. The van der Waals surface area contributed by atoms with E-state index in [1.54, 1.807) is 20.8 Å². The molecule has 1 amide bonds. The fraction of sp³-hybridized carbons (Fsp3) is 0.179. The molecule has 4 nitrogen and oxygen atoms in total. The molecule has 0 spiro atoms. The van der Waals surface area contributed by atoms with Crippen molar-refractivity contribution in [2.24, 2.45) is 5.92 Å². The van der Waals surface area contributed by atoms with Gasteiger partial charge >= 0.3 is 5.97 Å². The highest BCUT2D eigenvalue weighted by Gasteiger charge is 2.47. The molecule has 0 saturated heterocycles. The van der Waals surface area contributed by atoms with Gasteiger partial charge in [-0.05, 0) is 72.1 Å². The first-order chi connectivity index (χ1) is 20.9. The van der Waals surface area contributed by atoms with E-state index in [9.17, 15) is 9.59 Å². The summed E-state index contributed by atoms with van der Waals surface area (Å²) in [4.78, 5) is 24.2. The summed E-state index contributed by atoms with van der Waals surface area (Å²) in [5.74, 6) is -0.809. The minimum atomic E-state index is -2.14. The molecular weight excluding hydrogens is 561 g/mol. The minimum absolute atomic E-state index is 0. The van der Waals surface area contributed by atoms with Gasteiger partial charge in [-0.2, -0.15) is 0 Å². The van der Waals surface area contributed by atoms with Crippen molar-refractivity contribution in [2.75, 3.05) is 0 Å². The van der Waals surface area contributed by atoms with Gasteiger partial charge in [-0.15, -0.1) is 0 Å². The number of benzene rings is 5. The molecule has 5 aromatic rings. The Balaban J connectivity index is 0.00000442. The Bertz CT molecular complexity index is 1540. The maximum Gasteiger partial charge on any atom is 0.328 e. The molecule has 224 valence electrons. The molecular formula is C39H41NO3P+. The summed E-state index contributed by atoms with van der Waals surface area (Å²) in [5.41, 5.74) is 3.09. The molecule has 5 aromatic carbocycles. The highest BCUT2D eigenvalue weighted by atomic mass is 31.2. The number of carbonyl (C=O) groups is 2. The van der Waals surface area contributed by atoms with Crippen LogP contribution in [0.3, 0.4) is 0 Å². The molecule has 0 bridgehead atoms. The smallest absolute Gasteiger partial charge is 0.328 e. The Morgan fingerprint density at radius 2 is 0.977 bits per heavy atom. The highest BCUT2D eigenvalue weighted by Crippen LogP contribution is 2.54. The second-order valence-corrected chi connectivity index (χ2v) is 14.3. The third kappa shape index (κ3) is 6.98. The van der Waals surface area contributed by atoms with E-state index in [0.717, 1.165) is 16.7 Å². The molecule has 0 aromatic heterocycles. The molecule has 0 aliphatic carbocycles. The zero-order chi connectivity index (χ0) is 30.2. The van der Waals surface area contributed by atoms with Gasteiger partial charge in [0.15, 0.2) is 0 Å². The van der Waals surface area contributed by atoms with Crippen LogP contribution in [0.25, 0.3) is 11.1 Å². The fourth-order valence-corrected chi connectivity index (χ4v) is 9.48. The Kier molecular flexibility index (Phi) is 10.9. The Labute approximate surface area is 262 Å². The van der Waals surface area contributed by atoms with Crippen molar-refractivity contribution < 1.29 is 14.3 Å². The molecule has 0 aliphatic rings. The van der Waals surface area contributed by atoms with E-state index in [2.05, 4.69) is 133 Å². The summed E-state index contributed by atoms with van der Waals surface area (Å²) in [6.07, 6.45) is 0. The molecule has 0 heterocycles. The predicted molar refractivity (Wildman–Crippen MR) is 186 cm³/mol. The first-order valence-corrected chi connectivity index (χ1v) is 16.4. The molecule has 1 N–H and O–H groups in total. The lowest BCUT2D eigenvalue weighted by atomic mass is 10.0. The molecule has 0 aliphatic heterocycles. The Hall–Kier alpha value is -4.53. The predicted octanol–water partition coefficient (Wildman–Crippen LogP) is 6.81. The van der Waals surface area contributed by atoms with E-state index in [4.69, 9.17) is 4.74 Å². The molecule has 0 radical (unpaired) electrons. The molecule has 0 saturated carbocycles. The monoisotopic (exact) mass is 602 g/mol. The van der Waals surface area contributed by atoms with Crippen LogP contribution >= 0.6 is 7.26 Å². The number of hydrogen-bond donors (Lipinski definition) is 1. The van der Waals surface area contributed by atoms with E-state index in [1.165, 1.54) is 21.2 Å². The topological polar surface area (TPSA) is 55.4 Å². The second-order valence-electron chi connectivity index (χ2n) is 10.9. The van der Waals surface area contributed by atoms with Gasteiger partial charge in [0.05, 0.1) is 0 Å². The van der Waals surface area contributed by atoms with E-state index in [0.29, 0.717) is 0 Å². The van der Waals surface area contributed by atoms with Gasteiger partial charge in [-0.1, -0.05) is 112 Å². The van der Waals surface area contributed by atoms with Crippen LogP contribution in [0.4, 0.5) is 0 Å². The number of amides is 1. The number of carbonyl (C=O) groups excluding carboxylic acids is 2. The summed E-state index contributed by atoms with van der Waals surface area (Å²) in [6, 6.07) is 48.9. The van der Waals surface area contributed by atoms with Crippen molar-refractivity contribution in [3.63, 3.8) is 0 Å². The second kappa shape index (κ2) is 14.8. The van der Waals surface area contributed by atoms with Crippen molar-refractivity contribution in [2.45, 2.75) is 40.8 Å². The van der Waals surface area contributed by atoms with Crippen LogP contribution in [0.2, 0.25) is 0 Å². The van der Waals surface area contributed by atoms with Gasteiger partial charge in [-0.3, -0.25) is 4.79 Å². The molecule has 1 unspecified atom stereocenters. The standard InChI is InChI=1S/C38H36NO3P.CH4/c1-28(2)37(40)39-29(3)38(41)42-27-30-19-21-31(22-20-30)32-23-25-36(26-24-32)43(33-13-7-4-8-14-33,34-15-9-5-10-16-34)35-17-11-6-12-18-35;/h4-26,28-29H,27H2,1-3H3;1H4/p+1. The van der Waals surface area contributed by atoms with Gasteiger partial charge in [0.1, 0.15) is 41.1 Å². The summed E-state index contributed by atoms with van der Waals surface area (Å²) in [6.45, 7) is 5.37.